The number of hydrogen-bond acceptors (Lipinski definition) is 5. The SMILES string of the molecule is CC(=O)N1CCN(c2nc(N)nc3ccc(Br)cc23)CC1. The van der Waals surface area contributed by atoms with Crippen LogP contribution in [0.3, 0.4) is 0 Å². The lowest BCUT2D eigenvalue weighted by atomic mass is 10.2. The lowest BCUT2D eigenvalue weighted by molar-refractivity contribution is -0.129. The van der Waals surface area contributed by atoms with Crippen molar-refractivity contribution in [1.82, 2.24) is 14.9 Å². The van der Waals surface area contributed by atoms with Crippen molar-refractivity contribution in [3.63, 3.8) is 0 Å². The molecule has 0 spiro atoms. The third-order valence-electron chi connectivity index (χ3n) is 3.68. The molecular weight excluding hydrogens is 334 g/mol. The summed E-state index contributed by atoms with van der Waals surface area (Å²) in [6.07, 6.45) is 0. The third-order valence-corrected chi connectivity index (χ3v) is 4.17. The van der Waals surface area contributed by atoms with Crippen LogP contribution in [-0.2, 0) is 4.79 Å². The Morgan fingerprint density at radius 1 is 1.24 bits per heavy atom. The van der Waals surface area contributed by atoms with Crippen LogP contribution in [0, 0.1) is 0 Å². The van der Waals surface area contributed by atoms with E-state index in [9.17, 15) is 4.79 Å². The van der Waals surface area contributed by atoms with Crippen LogP contribution in [0.1, 0.15) is 6.92 Å². The maximum atomic E-state index is 11.4. The Balaban J connectivity index is 1.97. The summed E-state index contributed by atoms with van der Waals surface area (Å²) in [5, 5.41) is 0.967. The molecule has 0 bridgehead atoms. The van der Waals surface area contributed by atoms with E-state index in [2.05, 4.69) is 30.8 Å². The van der Waals surface area contributed by atoms with E-state index >= 15 is 0 Å². The Bertz CT molecular complexity index is 697. The Morgan fingerprint density at radius 3 is 2.62 bits per heavy atom. The molecule has 0 unspecified atom stereocenters. The molecule has 110 valence electrons. The van der Waals surface area contributed by atoms with E-state index in [1.165, 1.54) is 0 Å². The number of nitrogen functional groups attached to an aromatic ring is 1. The van der Waals surface area contributed by atoms with Gasteiger partial charge in [-0.15, -0.1) is 0 Å². The highest BCUT2D eigenvalue weighted by Crippen LogP contribution is 2.28. The van der Waals surface area contributed by atoms with Crippen molar-refractivity contribution in [3.05, 3.63) is 22.7 Å². The number of fused-ring (bicyclic) bond motifs is 1. The van der Waals surface area contributed by atoms with Crippen LogP contribution in [0.15, 0.2) is 22.7 Å². The molecule has 1 aromatic heterocycles. The molecule has 1 fully saturated rings. The maximum absolute atomic E-state index is 11.4. The summed E-state index contributed by atoms with van der Waals surface area (Å²) in [5.74, 6) is 1.22. The van der Waals surface area contributed by atoms with Crippen LogP contribution in [0.4, 0.5) is 11.8 Å². The normalized spacial score (nSPS) is 15.5. The van der Waals surface area contributed by atoms with Gasteiger partial charge in [-0.25, -0.2) is 4.98 Å². The second-order valence-corrected chi connectivity index (χ2v) is 5.98. The fourth-order valence-electron chi connectivity index (χ4n) is 2.58. The quantitative estimate of drug-likeness (QED) is 0.846. The number of aromatic nitrogens is 2. The first kappa shape index (κ1) is 14.1. The first-order chi connectivity index (χ1) is 10.0. The second kappa shape index (κ2) is 5.48. The molecule has 2 N–H and O–H groups in total. The highest BCUT2D eigenvalue weighted by Gasteiger charge is 2.21. The van der Waals surface area contributed by atoms with Gasteiger partial charge in [0, 0.05) is 43.0 Å². The van der Waals surface area contributed by atoms with Gasteiger partial charge in [-0.05, 0) is 18.2 Å². The van der Waals surface area contributed by atoms with Gasteiger partial charge in [0.2, 0.25) is 11.9 Å². The first-order valence-corrected chi connectivity index (χ1v) is 7.57. The van der Waals surface area contributed by atoms with Gasteiger partial charge in [0.25, 0.3) is 0 Å². The van der Waals surface area contributed by atoms with Crippen molar-refractivity contribution in [2.24, 2.45) is 0 Å². The summed E-state index contributed by atoms with van der Waals surface area (Å²) >= 11 is 3.48. The number of hydrogen-bond donors (Lipinski definition) is 1. The number of halogens is 1. The van der Waals surface area contributed by atoms with Gasteiger partial charge in [-0.2, -0.15) is 4.98 Å². The minimum atomic E-state index is 0.115. The molecule has 21 heavy (non-hydrogen) atoms. The van der Waals surface area contributed by atoms with E-state index in [1.807, 2.05) is 23.1 Å². The summed E-state index contributed by atoms with van der Waals surface area (Å²) in [5.41, 5.74) is 6.65. The van der Waals surface area contributed by atoms with E-state index in [0.717, 1.165) is 34.3 Å². The standard InChI is InChI=1S/C14H16BrN5O/c1-9(21)19-4-6-20(7-5-19)13-11-8-10(15)2-3-12(11)17-14(16)18-13/h2-3,8H,4-7H2,1H3,(H2,16,17,18). The number of piperazine rings is 1. The molecule has 3 rings (SSSR count). The summed E-state index contributed by atoms with van der Waals surface area (Å²) in [7, 11) is 0. The van der Waals surface area contributed by atoms with Crippen molar-refractivity contribution in [2.45, 2.75) is 6.92 Å². The number of carbonyl (C=O) groups excluding carboxylic acids is 1. The fourth-order valence-corrected chi connectivity index (χ4v) is 2.94. The third kappa shape index (κ3) is 2.78. The number of nitrogens with two attached hydrogens (primary N) is 1. The van der Waals surface area contributed by atoms with Gasteiger partial charge in [0.1, 0.15) is 5.82 Å². The molecule has 1 aliphatic heterocycles. The average Bonchev–Trinajstić information content (AvgIpc) is 2.47. The number of carbonyl (C=O) groups is 1. The van der Waals surface area contributed by atoms with Crippen LogP contribution in [-0.4, -0.2) is 47.0 Å². The lowest BCUT2D eigenvalue weighted by Gasteiger charge is -2.35. The number of nitrogens with zero attached hydrogens (tertiary/aromatic N) is 4. The molecule has 2 aromatic rings. The van der Waals surface area contributed by atoms with E-state index in [1.54, 1.807) is 6.92 Å². The smallest absolute Gasteiger partial charge is 0.222 e. The van der Waals surface area contributed by atoms with Gasteiger partial charge in [-0.1, -0.05) is 15.9 Å². The van der Waals surface area contributed by atoms with Gasteiger partial charge < -0.3 is 15.5 Å². The molecular formula is C14H16BrN5O. The predicted molar refractivity (Wildman–Crippen MR) is 86.1 cm³/mol. The van der Waals surface area contributed by atoms with Gasteiger partial charge in [0.05, 0.1) is 5.52 Å². The van der Waals surface area contributed by atoms with Crippen LogP contribution in [0.25, 0.3) is 10.9 Å². The highest BCUT2D eigenvalue weighted by molar-refractivity contribution is 9.10. The van der Waals surface area contributed by atoms with Crippen molar-refractivity contribution in [2.75, 3.05) is 36.8 Å². The highest BCUT2D eigenvalue weighted by atomic mass is 79.9. The Labute approximate surface area is 131 Å². The lowest BCUT2D eigenvalue weighted by Crippen LogP contribution is -2.48. The van der Waals surface area contributed by atoms with E-state index in [4.69, 9.17) is 5.73 Å². The van der Waals surface area contributed by atoms with E-state index in [0.29, 0.717) is 13.1 Å². The van der Waals surface area contributed by atoms with E-state index in [-0.39, 0.29) is 11.9 Å². The monoisotopic (exact) mass is 349 g/mol. The Hall–Kier alpha value is -1.89. The summed E-state index contributed by atoms with van der Waals surface area (Å²) in [6.45, 7) is 4.50. The zero-order valence-corrected chi connectivity index (χ0v) is 13.3. The molecule has 7 heteroatoms. The second-order valence-electron chi connectivity index (χ2n) is 5.06. The van der Waals surface area contributed by atoms with Crippen LogP contribution in [0.5, 0.6) is 0 Å². The van der Waals surface area contributed by atoms with Crippen molar-refractivity contribution in [3.8, 4) is 0 Å². The fraction of sp³-hybridized carbons (Fsp3) is 0.357. The topological polar surface area (TPSA) is 75.4 Å². The predicted octanol–water partition coefficient (Wildman–Crippen LogP) is 1.64. The molecule has 1 aliphatic rings. The van der Waals surface area contributed by atoms with Crippen molar-refractivity contribution in [1.29, 1.82) is 0 Å². The van der Waals surface area contributed by atoms with Gasteiger partial charge >= 0.3 is 0 Å². The summed E-state index contributed by atoms with van der Waals surface area (Å²) in [6, 6.07) is 5.86. The van der Waals surface area contributed by atoms with E-state index < -0.39 is 0 Å². The number of amides is 1. The largest absolute Gasteiger partial charge is 0.368 e. The van der Waals surface area contributed by atoms with Crippen molar-refractivity contribution >= 4 is 44.5 Å². The Morgan fingerprint density at radius 2 is 1.95 bits per heavy atom. The van der Waals surface area contributed by atoms with Crippen LogP contribution in [0.2, 0.25) is 0 Å². The molecule has 6 nitrogen and oxygen atoms in total. The number of rotatable bonds is 1. The molecule has 2 heterocycles. The molecule has 0 aliphatic carbocycles. The molecule has 0 radical (unpaired) electrons. The van der Waals surface area contributed by atoms with Crippen LogP contribution >= 0.6 is 15.9 Å². The van der Waals surface area contributed by atoms with Crippen molar-refractivity contribution < 1.29 is 4.79 Å². The molecule has 1 aromatic carbocycles. The summed E-state index contributed by atoms with van der Waals surface area (Å²) in [4.78, 5) is 24.1. The molecule has 1 saturated heterocycles. The minimum absolute atomic E-state index is 0.115. The Kier molecular flexibility index (Phi) is 3.67. The molecule has 1 amide bonds. The number of benzene rings is 1. The molecule has 0 atom stereocenters. The van der Waals surface area contributed by atoms with Gasteiger partial charge in [0.15, 0.2) is 0 Å². The first-order valence-electron chi connectivity index (χ1n) is 6.78. The minimum Gasteiger partial charge on any atom is -0.368 e. The maximum Gasteiger partial charge on any atom is 0.222 e. The zero-order chi connectivity index (χ0) is 15.0. The molecule has 0 saturated carbocycles. The number of anilines is 2. The van der Waals surface area contributed by atoms with Crippen LogP contribution < -0.4 is 10.6 Å². The van der Waals surface area contributed by atoms with Gasteiger partial charge in [-0.3, -0.25) is 4.79 Å². The zero-order valence-electron chi connectivity index (χ0n) is 11.7. The summed E-state index contributed by atoms with van der Waals surface area (Å²) < 4.78 is 0.979. The average molecular weight is 350 g/mol.